The predicted octanol–water partition coefficient (Wildman–Crippen LogP) is 2.69. The highest BCUT2D eigenvalue weighted by atomic mass is 35.5. The number of fused-ring (bicyclic) bond motifs is 1. The molecule has 7 heteroatoms. The first-order valence-corrected chi connectivity index (χ1v) is 7.80. The largest absolute Gasteiger partial charge is 0.498 e. The minimum Gasteiger partial charge on any atom is -0.498 e. The highest BCUT2D eigenvalue weighted by molar-refractivity contribution is 6.35. The fourth-order valence-corrected chi connectivity index (χ4v) is 5.24. The van der Waals surface area contributed by atoms with Crippen molar-refractivity contribution in [2.24, 2.45) is 11.8 Å². The first kappa shape index (κ1) is 18.0. The van der Waals surface area contributed by atoms with Gasteiger partial charge in [0, 0.05) is 26.1 Å². The summed E-state index contributed by atoms with van der Waals surface area (Å²) >= 11 is 13.4. The summed E-state index contributed by atoms with van der Waals surface area (Å²) < 4.78 is 22.0. The van der Waals surface area contributed by atoms with Gasteiger partial charge in [0.2, 0.25) is 5.78 Å². The van der Waals surface area contributed by atoms with E-state index >= 15 is 0 Å². The van der Waals surface area contributed by atoms with Gasteiger partial charge >= 0.3 is 0 Å². The molecule has 126 valence electrons. The average Bonchev–Trinajstić information content (AvgIpc) is 2.76. The van der Waals surface area contributed by atoms with Gasteiger partial charge in [-0.1, -0.05) is 18.5 Å². The van der Waals surface area contributed by atoms with Crippen LogP contribution in [0.2, 0.25) is 0 Å². The van der Waals surface area contributed by atoms with E-state index in [1.165, 1.54) is 21.3 Å². The number of carbonyl (C=O) groups is 1. The van der Waals surface area contributed by atoms with E-state index in [1.807, 2.05) is 20.8 Å². The Hall–Kier alpha value is -0.330. The molecule has 2 rings (SSSR count). The van der Waals surface area contributed by atoms with Crippen LogP contribution in [0.1, 0.15) is 20.8 Å². The lowest BCUT2D eigenvalue weighted by molar-refractivity contribution is -0.235. The molecule has 1 heterocycles. The third kappa shape index (κ3) is 1.99. The molecule has 0 aromatic heterocycles. The molecular formula is C15H22Cl2O5. The van der Waals surface area contributed by atoms with E-state index in [0.29, 0.717) is 10.8 Å². The fraction of sp³-hybridized carbons (Fsp3) is 0.800. The molecule has 1 saturated heterocycles. The molecule has 1 aliphatic carbocycles. The summed E-state index contributed by atoms with van der Waals surface area (Å²) in [6.07, 6.45) is 0. The van der Waals surface area contributed by atoms with Gasteiger partial charge in [0.1, 0.15) is 12.4 Å². The summed E-state index contributed by atoms with van der Waals surface area (Å²) in [5, 5.41) is 0.491. The van der Waals surface area contributed by atoms with Crippen LogP contribution >= 0.6 is 23.2 Å². The molecule has 0 N–H and O–H groups in total. The Bertz CT molecular complexity index is 518. The Kier molecular flexibility index (Phi) is 4.62. The SMILES string of the molecule is COCC(=O)[C@]1(OC)OC(C)(C)[C@@H]2[C@@H](C)C(Cl)=C(OC)[C@@]21Cl. The Morgan fingerprint density at radius 2 is 1.91 bits per heavy atom. The summed E-state index contributed by atoms with van der Waals surface area (Å²) in [5.74, 6) is -2.21. The summed E-state index contributed by atoms with van der Waals surface area (Å²) in [4.78, 5) is 11.4. The average molecular weight is 353 g/mol. The third-order valence-corrected chi connectivity index (χ3v) is 5.82. The van der Waals surface area contributed by atoms with Crippen molar-refractivity contribution in [3.05, 3.63) is 10.8 Å². The van der Waals surface area contributed by atoms with Gasteiger partial charge in [0.25, 0.3) is 5.79 Å². The number of ether oxygens (including phenoxy) is 4. The molecule has 1 fully saturated rings. The molecule has 0 radical (unpaired) electrons. The Labute approximate surface area is 140 Å². The van der Waals surface area contributed by atoms with Crippen LogP contribution < -0.4 is 0 Å². The van der Waals surface area contributed by atoms with Crippen molar-refractivity contribution in [3.8, 4) is 0 Å². The summed E-state index contributed by atoms with van der Waals surface area (Å²) in [5.41, 5.74) is -0.735. The maximum absolute atomic E-state index is 12.7. The number of methoxy groups -OCH3 is 3. The lowest BCUT2D eigenvalue weighted by atomic mass is 9.75. The Morgan fingerprint density at radius 3 is 2.36 bits per heavy atom. The van der Waals surface area contributed by atoms with Gasteiger partial charge in [-0.05, 0) is 13.8 Å². The normalized spacial score (nSPS) is 40.0. The number of ketones is 1. The number of hydrogen-bond donors (Lipinski definition) is 0. The molecule has 0 spiro atoms. The summed E-state index contributed by atoms with van der Waals surface area (Å²) in [6.45, 7) is 5.49. The zero-order chi connectivity index (χ0) is 16.9. The van der Waals surface area contributed by atoms with E-state index in [-0.39, 0.29) is 18.4 Å². The molecular weight excluding hydrogens is 331 g/mol. The molecule has 2 aliphatic rings. The Balaban J connectivity index is 2.69. The van der Waals surface area contributed by atoms with Crippen LogP contribution in [0.5, 0.6) is 0 Å². The van der Waals surface area contributed by atoms with Crippen molar-refractivity contribution in [2.45, 2.75) is 37.0 Å². The number of allylic oxidation sites excluding steroid dienone is 1. The highest BCUT2D eigenvalue weighted by Gasteiger charge is 2.78. The smallest absolute Gasteiger partial charge is 0.259 e. The number of rotatable bonds is 5. The number of alkyl halides is 1. The highest BCUT2D eigenvalue weighted by Crippen LogP contribution is 2.66. The van der Waals surface area contributed by atoms with Crippen LogP contribution in [-0.2, 0) is 23.7 Å². The number of halogens is 2. The molecule has 5 nitrogen and oxygen atoms in total. The van der Waals surface area contributed by atoms with Crippen molar-refractivity contribution in [2.75, 3.05) is 27.9 Å². The minimum absolute atomic E-state index is 0.128. The van der Waals surface area contributed by atoms with Gasteiger partial charge in [-0.15, -0.1) is 11.6 Å². The van der Waals surface area contributed by atoms with Crippen LogP contribution in [-0.4, -0.2) is 50.0 Å². The maximum Gasteiger partial charge on any atom is 0.259 e. The van der Waals surface area contributed by atoms with Gasteiger partial charge in [0.15, 0.2) is 4.87 Å². The van der Waals surface area contributed by atoms with Crippen LogP contribution in [0.15, 0.2) is 10.8 Å². The first-order valence-electron chi connectivity index (χ1n) is 7.04. The van der Waals surface area contributed by atoms with Crippen molar-refractivity contribution < 1.29 is 23.7 Å². The van der Waals surface area contributed by atoms with Crippen molar-refractivity contribution in [1.82, 2.24) is 0 Å². The number of hydrogen-bond acceptors (Lipinski definition) is 5. The number of Topliss-reactive ketones (excluding diaryl/α,β-unsaturated/α-hetero) is 1. The van der Waals surface area contributed by atoms with Gasteiger partial charge in [-0.2, -0.15) is 0 Å². The molecule has 0 saturated carbocycles. The zero-order valence-electron chi connectivity index (χ0n) is 13.7. The first-order chi connectivity index (χ1) is 10.1. The van der Waals surface area contributed by atoms with E-state index in [1.54, 1.807) is 0 Å². The van der Waals surface area contributed by atoms with E-state index < -0.39 is 22.0 Å². The van der Waals surface area contributed by atoms with Gasteiger partial charge in [-0.25, -0.2) is 0 Å². The van der Waals surface area contributed by atoms with Crippen LogP contribution in [0, 0.1) is 11.8 Å². The van der Waals surface area contributed by atoms with Crippen molar-refractivity contribution in [1.29, 1.82) is 0 Å². The molecule has 0 amide bonds. The van der Waals surface area contributed by atoms with Crippen molar-refractivity contribution in [3.63, 3.8) is 0 Å². The van der Waals surface area contributed by atoms with E-state index in [9.17, 15) is 4.79 Å². The van der Waals surface area contributed by atoms with Gasteiger partial charge in [-0.3, -0.25) is 4.79 Å². The quantitative estimate of drug-likeness (QED) is 0.712. The van der Waals surface area contributed by atoms with Crippen LogP contribution in [0.25, 0.3) is 0 Å². The summed E-state index contributed by atoms with van der Waals surface area (Å²) in [7, 11) is 4.29. The van der Waals surface area contributed by atoms with Gasteiger partial charge in [0.05, 0.1) is 17.7 Å². The number of carbonyl (C=O) groups excluding carboxylic acids is 1. The Morgan fingerprint density at radius 1 is 1.32 bits per heavy atom. The van der Waals surface area contributed by atoms with Crippen LogP contribution in [0.4, 0.5) is 0 Å². The zero-order valence-corrected chi connectivity index (χ0v) is 15.2. The molecule has 1 aliphatic heterocycles. The second kappa shape index (κ2) is 5.64. The second-order valence-corrected chi connectivity index (χ2v) is 7.25. The monoisotopic (exact) mass is 352 g/mol. The fourth-order valence-electron chi connectivity index (χ4n) is 3.99. The van der Waals surface area contributed by atoms with E-state index in [2.05, 4.69) is 0 Å². The van der Waals surface area contributed by atoms with E-state index in [0.717, 1.165) is 0 Å². The molecule has 0 unspecified atom stereocenters. The molecule has 4 atom stereocenters. The third-order valence-electron chi connectivity index (χ3n) is 4.64. The molecule has 0 bridgehead atoms. The molecule has 22 heavy (non-hydrogen) atoms. The minimum atomic E-state index is -1.71. The van der Waals surface area contributed by atoms with Gasteiger partial charge < -0.3 is 18.9 Å². The summed E-state index contributed by atoms with van der Waals surface area (Å²) in [6, 6.07) is 0. The molecule has 0 aromatic carbocycles. The van der Waals surface area contributed by atoms with Crippen molar-refractivity contribution >= 4 is 29.0 Å². The van der Waals surface area contributed by atoms with E-state index in [4.69, 9.17) is 42.1 Å². The second-order valence-electron chi connectivity index (χ2n) is 6.24. The maximum atomic E-state index is 12.7. The predicted molar refractivity (Wildman–Crippen MR) is 82.9 cm³/mol. The van der Waals surface area contributed by atoms with Crippen LogP contribution in [0.3, 0.4) is 0 Å². The molecule has 0 aromatic rings. The lowest BCUT2D eigenvalue weighted by Crippen LogP contribution is -2.58. The lowest BCUT2D eigenvalue weighted by Gasteiger charge is -2.38. The topological polar surface area (TPSA) is 54.0 Å². The standard InChI is InChI=1S/C15H22Cl2O5/c1-8-10(16)12(20-5)14(17)11(8)13(2,3)22-15(14,21-6)9(18)7-19-4/h8,11H,7H2,1-6H3/t8-,11-,14-,15-/m0/s1.